The number of rotatable bonds is 6. The maximum Gasteiger partial charge on any atom is 0.0930 e. The topological polar surface area (TPSA) is 28.2 Å². The van der Waals surface area contributed by atoms with Gasteiger partial charge in [0.1, 0.15) is 0 Å². The molecule has 5 heteroatoms. The fraction of sp³-hybridized carbons (Fsp3) is 0.286. The molecule has 3 rings (SSSR count). The maximum atomic E-state index is 6.36. The van der Waals surface area contributed by atoms with Gasteiger partial charge in [0.15, 0.2) is 0 Å². The highest BCUT2D eigenvalue weighted by Gasteiger charge is 2.14. The second kappa shape index (κ2) is 8.85. The number of aromatic nitrogens is 1. The highest BCUT2D eigenvalue weighted by Crippen LogP contribution is 2.32. The van der Waals surface area contributed by atoms with Crippen molar-refractivity contribution in [3.63, 3.8) is 0 Å². The van der Waals surface area contributed by atoms with Crippen LogP contribution in [0.5, 0.6) is 0 Å². The van der Waals surface area contributed by atoms with Crippen LogP contribution in [0.1, 0.15) is 36.6 Å². The van der Waals surface area contributed by atoms with Gasteiger partial charge in [0.25, 0.3) is 0 Å². The Morgan fingerprint density at radius 1 is 1.38 bits per heavy atom. The fourth-order valence-corrected chi connectivity index (χ4v) is 3.73. The number of allylic oxidation sites excluding steroid dienone is 1. The third-order valence-electron chi connectivity index (χ3n) is 4.45. The van der Waals surface area contributed by atoms with Crippen molar-refractivity contribution in [2.75, 3.05) is 18.4 Å². The summed E-state index contributed by atoms with van der Waals surface area (Å²) in [5.41, 5.74) is 4.67. The number of nitrogens with zero attached hydrogens (tertiary/aromatic N) is 2. The van der Waals surface area contributed by atoms with Gasteiger partial charge >= 0.3 is 0 Å². The van der Waals surface area contributed by atoms with E-state index in [2.05, 4.69) is 44.9 Å². The first-order chi connectivity index (χ1) is 12.6. The molecule has 0 spiro atoms. The van der Waals surface area contributed by atoms with E-state index in [4.69, 9.17) is 16.6 Å². The number of pyridine rings is 1. The van der Waals surface area contributed by atoms with Crippen LogP contribution in [0.25, 0.3) is 11.8 Å². The van der Waals surface area contributed by atoms with Crippen LogP contribution in [-0.4, -0.2) is 23.0 Å². The van der Waals surface area contributed by atoms with E-state index in [9.17, 15) is 0 Å². The number of hydrogen-bond donors (Lipinski definition) is 1. The Bertz CT molecular complexity index is 826. The molecule has 0 unspecified atom stereocenters. The van der Waals surface area contributed by atoms with Crippen molar-refractivity contribution in [2.24, 2.45) is 0 Å². The van der Waals surface area contributed by atoms with Gasteiger partial charge in [0.05, 0.1) is 22.1 Å². The first kappa shape index (κ1) is 19.2. The summed E-state index contributed by atoms with van der Waals surface area (Å²) in [7, 11) is 0. The van der Waals surface area contributed by atoms with Gasteiger partial charge in [-0.1, -0.05) is 36.4 Å². The number of halogens is 2. The summed E-state index contributed by atoms with van der Waals surface area (Å²) >= 11 is 9.81. The van der Waals surface area contributed by atoms with Gasteiger partial charge in [-0.3, -0.25) is 9.88 Å². The third-order valence-corrected chi connectivity index (χ3v) is 5.74. The van der Waals surface area contributed by atoms with Crippen molar-refractivity contribution >= 4 is 45.0 Å². The largest absolute Gasteiger partial charge is 0.353 e. The van der Waals surface area contributed by atoms with Crippen LogP contribution in [0.3, 0.4) is 0 Å². The number of hydrogen-bond acceptors (Lipinski definition) is 3. The highest BCUT2D eigenvalue weighted by molar-refractivity contribution is 9.10. The van der Waals surface area contributed by atoms with Crippen LogP contribution in [0.4, 0.5) is 5.69 Å². The molecule has 0 amide bonds. The number of benzene rings is 1. The molecule has 2 aromatic rings. The number of anilines is 1. The molecule has 0 saturated carbocycles. The van der Waals surface area contributed by atoms with E-state index in [1.807, 2.05) is 37.4 Å². The molecule has 1 N–H and O–H groups in total. The minimum absolute atomic E-state index is 0.631. The highest BCUT2D eigenvalue weighted by atomic mass is 79.9. The van der Waals surface area contributed by atoms with E-state index in [0.29, 0.717) is 5.02 Å². The summed E-state index contributed by atoms with van der Waals surface area (Å²) in [5.74, 6) is 0. The standard InChI is InChI=1S/C21H23BrClN3/c1-3-7-17-12-16(14-26-10-4-5-11-26)13-24-21(17)15(2)25-19-9-6-8-18(22)20(19)23/h3,6-9,12-13,25H,2,4-5,10-11,14H2,1H3/b7-3-. The molecule has 1 aromatic heterocycles. The van der Waals surface area contributed by atoms with Crippen LogP contribution < -0.4 is 5.32 Å². The fourth-order valence-electron chi connectivity index (χ4n) is 3.19. The lowest BCUT2D eigenvalue weighted by molar-refractivity contribution is 0.331. The Hall–Kier alpha value is -1.62. The second-order valence-corrected chi connectivity index (χ2v) is 7.70. The predicted octanol–water partition coefficient (Wildman–Crippen LogP) is 6.21. The van der Waals surface area contributed by atoms with E-state index in [1.165, 1.54) is 31.5 Å². The van der Waals surface area contributed by atoms with Crippen molar-refractivity contribution in [1.82, 2.24) is 9.88 Å². The zero-order valence-electron chi connectivity index (χ0n) is 14.9. The predicted molar refractivity (Wildman–Crippen MR) is 115 cm³/mol. The van der Waals surface area contributed by atoms with Crippen molar-refractivity contribution < 1.29 is 0 Å². The average molecular weight is 433 g/mol. The zero-order chi connectivity index (χ0) is 18.5. The summed E-state index contributed by atoms with van der Waals surface area (Å²) in [5, 5.41) is 3.93. The average Bonchev–Trinajstić information content (AvgIpc) is 3.12. The van der Waals surface area contributed by atoms with Gasteiger partial charge in [-0.05, 0) is 72.5 Å². The first-order valence-electron chi connectivity index (χ1n) is 8.82. The lowest BCUT2D eigenvalue weighted by atomic mass is 10.1. The Morgan fingerprint density at radius 3 is 2.88 bits per heavy atom. The molecule has 1 fully saturated rings. The van der Waals surface area contributed by atoms with Gasteiger partial charge < -0.3 is 5.32 Å². The number of likely N-dealkylation sites (tertiary alicyclic amines) is 1. The molecule has 1 aliphatic rings. The molecule has 3 nitrogen and oxygen atoms in total. The Morgan fingerprint density at radius 2 is 2.15 bits per heavy atom. The van der Waals surface area contributed by atoms with Crippen molar-refractivity contribution in [3.05, 3.63) is 69.4 Å². The van der Waals surface area contributed by atoms with Crippen LogP contribution in [-0.2, 0) is 6.54 Å². The Labute approximate surface area is 168 Å². The SMILES string of the molecule is C=C(Nc1cccc(Br)c1Cl)c1ncc(CN2CCCC2)cc1/C=C\C. The minimum atomic E-state index is 0.631. The summed E-state index contributed by atoms with van der Waals surface area (Å²) in [4.78, 5) is 7.17. The molecule has 0 bridgehead atoms. The quantitative estimate of drug-likeness (QED) is 0.588. The van der Waals surface area contributed by atoms with E-state index < -0.39 is 0 Å². The van der Waals surface area contributed by atoms with Gasteiger partial charge in [0, 0.05) is 22.8 Å². The lowest BCUT2D eigenvalue weighted by Gasteiger charge is -2.17. The lowest BCUT2D eigenvalue weighted by Crippen LogP contribution is -2.18. The molecule has 1 saturated heterocycles. The monoisotopic (exact) mass is 431 g/mol. The molecule has 2 heterocycles. The molecule has 26 heavy (non-hydrogen) atoms. The summed E-state index contributed by atoms with van der Waals surface area (Å²) < 4.78 is 0.847. The van der Waals surface area contributed by atoms with Crippen molar-refractivity contribution in [2.45, 2.75) is 26.3 Å². The molecular formula is C21H23BrClN3. The third kappa shape index (κ3) is 4.56. The van der Waals surface area contributed by atoms with Crippen LogP contribution in [0.15, 0.2) is 47.6 Å². The van der Waals surface area contributed by atoms with E-state index >= 15 is 0 Å². The maximum absolute atomic E-state index is 6.36. The number of nitrogens with one attached hydrogen (secondary N) is 1. The normalized spacial score (nSPS) is 14.9. The van der Waals surface area contributed by atoms with Gasteiger partial charge in [-0.25, -0.2) is 0 Å². The van der Waals surface area contributed by atoms with Crippen molar-refractivity contribution in [1.29, 1.82) is 0 Å². The molecular weight excluding hydrogens is 410 g/mol. The minimum Gasteiger partial charge on any atom is -0.353 e. The van der Waals surface area contributed by atoms with Crippen LogP contribution in [0, 0.1) is 0 Å². The van der Waals surface area contributed by atoms with Gasteiger partial charge in [-0.2, -0.15) is 0 Å². The van der Waals surface area contributed by atoms with Crippen molar-refractivity contribution in [3.8, 4) is 0 Å². The second-order valence-electron chi connectivity index (χ2n) is 6.47. The molecule has 136 valence electrons. The first-order valence-corrected chi connectivity index (χ1v) is 10.00. The van der Waals surface area contributed by atoms with Gasteiger partial charge in [-0.15, -0.1) is 0 Å². The summed E-state index contributed by atoms with van der Waals surface area (Å²) in [6.07, 6.45) is 8.64. The van der Waals surface area contributed by atoms with E-state index in [1.54, 1.807) is 0 Å². The van der Waals surface area contributed by atoms with Crippen LogP contribution >= 0.6 is 27.5 Å². The summed E-state index contributed by atoms with van der Waals surface area (Å²) in [6, 6.07) is 7.98. The molecule has 0 aliphatic carbocycles. The van der Waals surface area contributed by atoms with E-state index in [0.717, 1.165) is 33.7 Å². The smallest absolute Gasteiger partial charge is 0.0930 e. The Balaban J connectivity index is 1.83. The van der Waals surface area contributed by atoms with Crippen LogP contribution in [0.2, 0.25) is 5.02 Å². The molecule has 0 radical (unpaired) electrons. The zero-order valence-corrected chi connectivity index (χ0v) is 17.3. The molecule has 0 atom stereocenters. The van der Waals surface area contributed by atoms with E-state index in [-0.39, 0.29) is 0 Å². The Kier molecular flexibility index (Phi) is 6.52. The molecule has 1 aliphatic heterocycles. The summed E-state index contributed by atoms with van der Waals surface area (Å²) in [6.45, 7) is 9.49. The molecule has 1 aromatic carbocycles. The van der Waals surface area contributed by atoms with Gasteiger partial charge in [0.2, 0.25) is 0 Å².